The van der Waals surface area contributed by atoms with E-state index in [1.165, 1.54) is 47.8 Å². The molecule has 4 amide bonds. The lowest BCUT2D eigenvalue weighted by atomic mass is 10.1. The number of likely N-dealkylation sites (N-methyl/N-ethyl adjacent to an activating group) is 4. The number of nitrogens with zero attached hydrogens (tertiary/aromatic N) is 4. The van der Waals surface area contributed by atoms with Crippen LogP contribution in [0.4, 0.5) is 11.4 Å². The average Bonchev–Trinajstić information content (AvgIpc) is 3.23. The highest BCUT2D eigenvalue weighted by atomic mass is 127. The first-order chi connectivity index (χ1) is 30.1. The second-order valence-corrected chi connectivity index (χ2v) is 20.2. The number of aliphatic carboxylic acids is 2. The number of anilines is 2. The van der Waals surface area contributed by atoms with Gasteiger partial charge in [-0.25, -0.2) is 0 Å². The quantitative estimate of drug-likeness (QED) is 0.0628. The number of carbonyl (C=O) groups is 6. The van der Waals surface area contributed by atoms with Gasteiger partial charge in [0.25, 0.3) is 23.6 Å². The van der Waals surface area contributed by atoms with Crippen molar-refractivity contribution in [3.8, 4) is 0 Å². The first-order valence-corrected chi connectivity index (χ1v) is 25.0. The number of aliphatic hydroxyl groups is 8. The molecule has 0 bridgehead atoms. The van der Waals surface area contributed by atoms with E-state index in [1.807, 2.05) is 136 Å². The Labute approximate surface area is 456 Å². The SMILES string of the molecule is CNc1c(I)c(C(=O)N(C)CC(O)CO)c(I)c(C(=O)N(C)CC(O)CO)c1I.CNc1c(I)c(C(=O)N(C)CC(O)CO)c(I)c(C(=O)N(C)CC(O)CO)c1I.O=C(O)CC(=O)O. The number of halogens is 6. The molecule has 0 aliphatic heterocycles. The molecule has 22 nitrogen and oxygen atoms in total. The van der Waals surface area contributed by atoms with Crippen molar-refractivity contribution in [2.75, 3.05) is 106 Å². The Balaban J connectivity index is 0.00000110. The van der Waals surface area contributed by atoms with E-state index in [0.29, 0.717) is 55.0 Å². The molecule has 0 radical (unpaired) electrons. The minimum Gasteiger partial charge on any atom is -0.481 e. The first-order valence-electron chi connectivity index (χ1n) is 18.5. The molecule has 2 aromatic rings. The van der Waals surface area contributed by atoms with Crippen molar-refractivity contribution in [1.82, 2.24) is 19.6 Å². The summed E-state index contributed by atoms with van der Waals surface area (Å²) in [5, 5.41) is 96.3. The predicted molar refractivity (Wildman–Crippen MR) is 288 cm³/mol. The highest BCUT2D eigenvalue weighted by Crippen LogP contribution is 2.38. The van der Waals surface area contributed by atoms with E-state index in [0.717, 1.165) is 0 Å². The predicted octanol–water partition coefficient (Wildman–Crippen LogP) is 0.331. The molecule has 368 valence electrons. The highest BCUT2D eigenvalue weighted by Gasteiger charge is 2.33. The fourth-order valence-electron chi connectivity index (χ4n) is 5.24. The lowest BCUT2D eigenvalue weighted by molar-refractivity contribution is -0.147. The van der Waals surface area contributed by atoms with Crippen molar-refractivity contribution in [2.45, 2.75) is 30.8 Å². The van der Waals surface area contributed by atoms with E-state index in [1.54, 1.807) is 14.1 Å². The van der Waals surface area contributed by atoms with E-state index < -0.39 is 92.8 Å². The maximum absolute atomic E-state index is 13.1. The summed E-state index contributed by atoms with van der Waals surface area (Å²) in [4.78, 5) is 76.4. The van der Waals surface area contributed by atoms with Crippen LogP contribution >= 0.6 is 136 Å². The fraction of sp³-hybridized carbons (Fsp3) is 0.514. The number of hydrogen-bond donors (Lipinski definition) is 12. The summed E-state index contributed by atoms with van der Waals surface area (Å²) in [6.07, 6.45) is -5.09. The highest BCUT2D eigenvalue weighted by molar-refractivity contribution is 14.1. The lowest BCUT2D eigenvalue weighted by Crippen LogP contribution is -2.38. The molecule has 12 N–H and O–H groups in total. The van der Waals surface area contributed by atoms with Crippen molar-refractivity contribution in [2.24, 2.45) is 0 Å². The van der Waals surface area contributed by atoms with Crippen LogP contribution in [0.3, 0.4) is 0 Å². The van der Waals surface area contributed by atoms with Crippen molar-refractivity contribution in [3.63, 3.8) is 0 Å². The number of carbonyl (C=O) groups excluding carboxylic acids is 4. The van der Waals surface area contributed by atoms with Crippen LogP contribution < -0.4 is 10.6 Å². The summed E-state index contributed by atoms with van der Waals surface area (Å²) in [7, 11) is 9.41. The van der Waals surface area contributed by atoms with Crippen molar-refractivity contribution in [1.29, 1.82) is 0 Å². The van der Waals surface area contributed by atoms with Gasteiger partial charge in [-0.05, 0) is 136 Å². The van der Waals surface area contributed by atoms with Gasteiger partial charge in [0.15, 0.2) is 0 Å². The number of nitrogens with one attached hydrogen (secondary N) is 2. The number of amides is 4. The van der Waals surface area contributed by atoms with Gasteiger partial charge in [0.05, 0.1) is 98.8 Å². The number of aliphatic hydroxyl groups excluding tert-OH is 8. The van der Waals surface area contributed by atoms with Gasteiger partial charge >= 0.3 is 11.9 Å². The summed E-state index contributed by atoms with van der Waals surface area (Å²) < 4.78 is 3.41. The normalized spacial score (nSPS) is 12.5. The maximum Gasteiger partial charge on any atom is 0.314 e. The second-order valence-electron chi connectivity index (χ2n) is 13.7. The van der Waals surface area contributed by atoms with Crippen LogP contribution in [0.25, 0.3) is 0 Å². The Bertz CT molecular complexity index is 1750. The molecule has 4 atom stereocenters. The lowest BCUT2D eigenvalue weighted by Gasteiger charge is -2.26. The van der Waals surface area contributed by atoms with Crippen molar-refractivity contribution < 1.29 is 79.8 Å². The van der Waals surface area contributed by atoms with Gasteiger partial charge in [-0.3, -0.25) is 28.8 Å². The molecule has 0 fully saturated rings. The largest absolute Gasteiger partial charge is 0.481 e. The molecule has 28 heteroatoms. The Morgan fingerprint density at radius 1 is 0.431 bits per heavy atom. The third kappa shape index (κ3) is 19.0. The summed E-state index contributed by atoms with van der Waals surface area (Å²) in [5.41, 5.74) is 2.47. The molecule has 65 heavy (non-hydrogen) atoms. The average molecular weight is 1600 g/mol. The Hall–Kier alpha value is -1.08. The summed E-state index contributed by atoms with van der Waals surface area (Å²) in [5.74, 6) is -4.21. The molecule has 0 aliphatic carbocycles. The molecule has 0 aromatic heterocycles. The second kappa shape index (κ2) is 31.2. The van der Waals surface area contributed by atoms with Crippen LogP contribution in [-0.2, 0) is 9.59 Å². The summed E-state index contributed by atoms with van der Waals surface area (Å²) in [6.45, 7) is -2.13. The van der Waals surface area contributed by atoms with Crippen molar-refractivity contribution >= 4 is 182 Å². The van der Waals surface area contributed by atoms with Crippen LogP contribution in [0.5, 0.6) is 0 Å². The van der Waals surface area contributed by atoms with Gasteiger partial charge in [-0.2, -0.15) is 0 Å². The number of hydrogen-bond acceptors (Lipinski definition) is 16. The molecule has 0 heterocycles. The van der Waals surface area contributed by atoms with Crippen LogP contribution in [0.2, 0.25) is 0 Å². The van der Waals surface area contributed by atoms with Gasteiger partial charge < -0.3 is 81.3 Å². The Morgan fingerprint density at radius 3 is 0.738 bits per heavy atom. The molecular weight excluding hydrogens is 1550 g/mol. The molecule has 0 saturated carbocycles. The summed E-state index contributed by atoms with van der Waals surface area (Å²) in [6, 6.07) is 0. The fourth-order valence-corrected chi connectivity index (χ4v) is 14.5. The first kappa shape index (κ1) is 63.9. The van der Waals surface area contributed by atoms with Gasteiger partial charge in [-0.15, -0.1) is 0 Å². The molecule has 2 aromatic carbocycles. The van der Waals surface area contributed by atoms with E-state index in [2.05, 4.69) is 10.6 Å². The van der Waals surface area contributed by atoms with Crippen LogP contribution in [0.15, 0.2) is 0 Å². The molecule has 0 aliphatic rings. The molecule has 4 unspecified atom stereocenters. The molecular formula is C37H52I6N6O16. The molecule has 2 rings (SSSR count). The van der Waals surface area contributed by atoms with Crippen LogP contribution in [0, 0.1) is 21.4 Å². The third-order valence-electron chi connectivity index (χ3n) is 8.46. The zero-order chi connectivity index (χ0) is 50.8. The summed E-state index contributed by atoms with van der Waals surface area (Å²) >= 11 is 12.1. The van der Waals surface area contributed by atoms with E-state index in [9.17, 15) is 49.2 Å². The zero-order valence-corrected chi connectivity index (χ0v) is 48.6. The topological polar surface area (TPSA) is 342 Å². The van der Waals surface area contributed by atoms with Crippen LogP contribution in [-0.4, -0.2) is 226 Å². The van der Waals surface area contributed by atoms with Gasteiger partial charge in [-0.1, -0.05) is 0 Å². The monoisotopic (exact) mass is 1600 g/mol. The number of carboxylic acids is 2. The smallest absolute Gasteiger partial charge is 0.314 e. The van der Waals surface area contributed by atoms with Gasteiger partial charge in [0.1, 0.15) is 6.42 Å². The minimum absolute atomic E-state index is 0.0613. The molecule has 0 spiro atoms. The standard InChI is InChI=1S/2C17H24I3N3O6.C3H4O4/c2*1-21-15-13(19)10(16(28)22(2)4-8(26)6-24)12(18)11(14(15)20)17(29)23(3)5-9(27)7-25;4-2(5)1-3(6)7/h2*8-9,21,24-27H,4-7H2,1-3H3;1H2,(H,4,5)(H,6,7). The van der Waals surface area contributed by atoms with E-state index in [4.69, 9.17) is 30.6 Å². The maximum atomic E-state index is 13.1. The Kier molecular flexibility index (Phi) is 30.7. The third-order valence-corrected chi connectivity index (χ3v) is 14.9. The Morgan fingerprint density at radius 2 is 0.615 bits per heavy atom. The van der Waals surface area contributed by atoms with Crippen molar-refractivity contribution in [3.05, 3.63) is 43.7 Å². The van der Waals surface area contributed by atoms with E-state index in [-0.39, 0.29) is 26.2 Å². The van der Waals surface area contributed by atoms with Gasteiger partial charge in [0.2, 0.25) is 0 Å². The number of carboxylic acid groups (broad SMARTS) is 2. The number of benzene rings is 2. The zero-order valence-electron chi connectivity index (χ0n) is 35.7. The minimum atomic E-state index is -1.31. The van der Waals surface area contributed by atoms with Gasteiger partial charge in [0, 0.05) is 75.6 Å². The van der Waals surface area contributed by atoms with E-state index >= 15 is 0 Å². The van der Waals surface area contributed by atoms with Crippen LogP contribution in [0.1, 0.15) is 47.9 Å². The number of rotatable bonds is 20. The molecule has 0 saturated heterocycles.